The first-order chi connectivity index (χ1) is 7.92. The molecule has 1 rings (SSSR count). The van der Waals surface area contributed by atoms with Crippen molar-refractivity contribution in [3.63, 3.8) is 0 Å². The highest BCUT2D eigenvalue weighted by atomic mass is 32.2. The second kappa shape index (κ2) is 6.07. The van der Waals surface area contributed by atoms with Crippen LogP contribution in [0.3, 0.4) is 0 Å². The van der Waals surface area contributed by atoms with Crippen LogP contribution in [0.5, 0.6) is 0 Å². The molecule has 1 heterocycles. The van der Waals surface area contributed by atoms with Crippen LogP contribution in [0.25, 0.3) is 0 Å². The first kappa shape index (κ1) is 14.1. The lowest BCUT2D eigenvalue weighted by Gasteiger charge is -2.16. The molecule has 1 unspecified atom stereocenters. The number of rotatable bonds is 6. The van der Waals surface area contributed by atoms with E-state index in [9.17, 15) is 8.42 Å². The zero-order valence-corrected chi connectivity index (χ0v) is 11.3. The normalized spacial score (nSPS) is 13.6. The molecule has 0 spiro atoms. The quantitative estimate of drug-likeness (QED) is 0.818. The van der Waals surface area contributed by atoms with Crippen LogP contribution in [0.15, 0.2) is 12.3 Å². The topological polar surface area (TPSA) is 72.0 Å². The zero-order valence-electron chi connectivity index (χ0n) is 10.5. The summed E-state index contributed by atoms with van der Waals surface area (Å²) in [5, 5.41) is 3.24. The van der Waals surface area contributed by atoms with Gasteiger partial charge in [0.25, 0.3) is 0 Å². The van der Waals surface area contributed by atoms with Crippen LogP contribution >= 0.6 is 0 Å². The number of sulfone groups is 1. The van der Waals surface area contributed by atoms with Gasteiger partial charge in [-0.05, 0) is 26.0 Å². The molecule has 0 saturated heterocycles. The summed E-state index contributed by atoms with van der Waals surface area (Å²) < 4.78 is 22.4. The van der Waals surface area contributed by atoms with E-state index in [-0.39, 0.29) is 11.8 Å². The van der Waals surface area contributed by atoms with Crippen LogP contribution in [-0.4, -0.2) is 36.9 Å². The van der Waals surface area contributed by atoms with Crippen molar-refractivity contribution < 1.29 is 8.42 Å². The second-order valence-corrected chi connectivity index (χ2v) is 6.32. The largest absolute Gasteiger partial charge is 0.309 e. The Kier molecular flexibility index (Phi) is 5.02. The van der Waals surface area contributed by atoms with E-state index in [0.717, 1.165) is 12.2 Å². The predicted molar refractivity (Wildman–Crippen MR) is 67.5 cm³/mol. The van der Waals surface area contributed by atoms with E-state index in [2.05, 4.69) is 15.3 Å². The maximum Gasteiger partial charge on any atom is 0.147 e. The van der Waals surface area contributed by atoms with Crippen LogP contribution in [-0.2, 0) is 9.84 Å². The molecule has 0 amide bonds. The van der Waals surface area contributed by atoms with Gasteiger partial charge in [0.2, 0.25) is 0 Å². The Morgan fingerprint density at radius 1 is 1.47 bits per heavy atom. The Balaban J connectivity index is 2.78. The number of nitrogens with zero attached hydrogens (tertiary/aromatic N) is 2. The molecule has 1 aromatic heterocycles. The molecule has 0 bridgehead atoms. The monoisotopic (exact) mass is 257 g/mol. The van der Waals surface area contributed by atoms with E-state index >= 15 is 0 Å². The molecular weight excluding hydrogens is 238 g/mol. The molecule has 0 aliphatic heterocycles. The molecule has 6 heteroatoms. The zero-order chi connectivity index (χ0) is 12.9. The molecule has 0 aromatic carbocycles. The highest BCUT2D eigenvalue weighted by molar-refractivity contribution is 7.90. The molecule has 0 aliphatic carbocycles. The molecule has 1 N–H and O–H groups in total. The van der Waals surface area contributed by atoms with Crippen LogP contribution in [0.4, 0.5) is 0 Å². The van der Waals surface area contributed by atoms with Crippen molar-refractivity contribution in [2.24, 2.45) is 0 Å². The number of hydrogen-bond donors (Lipinski definition) is 1. The van der Waals surface area contributed by atoms with E-state index in [0.29, 0.717) is 12.2 Å². The lowest BCUT2D eigenvalue weighted by atomic mass is 10.1. The van der Waals surface area contributed by atoms with Crippen molar-refractivity contribution in [2.45, 2.75) is 26.3 Å². The summed E-state index contributed by atoms with van der Waals surface area (Å²) in [5.41, 5.74) is 0.850. The summed E-state index contributed by atoms with van der Waals surface area (Å²) in [7, 11) is -2.94. The minimum Gasteiger partial charge on any atom is -0.309 e. The minimum atomic E-state index is -2.94. The molecule has 17 heavy (non-hydrogen) atoms. The van der Waals surface area contributed by atoms with Crippen molar-refractivity contribution in [1.82, 2.24) is 15.3 Å². The SMILES string of the molecule is CCNC(CCS(C)(=O)=O)c1ccnc(C)n1. The van der Waals surface area contributed by atoms with Gasteiger partial charge in [-0.15, -0.1) is 0 Å². The van der Waals surface area contributed by atoms with E-state index in [1.165, 1.54) is 6.26 Å². The van der Waals surface area contributed by atoms with Crippen molar-refractivity contribution in [3.8, 4) is 0 Å². The third kappa shape index (κ3) is 5.23. The van der Waals surface area contributed by atoms with Crippen molar-refractivity contribution in [1.29, 1.82) is 0 Å². The summed E-state index contributed by atoms with van der Waals surface area (Å²) in [6.45, 7) is 4.59. The first-order valence-corrected chi connectivity index (χ1v) is 7.69. The molecule has 0 radical (unpaired) electrons. The van der Waals surface area contributed by atoms with Gasteiger partial charge in [0.1, 0.15) is 15.7 Å². The molecule has 96 valence electrons. The molecule has 0 fully saturated rings. The van der Waals surface area contributed by atoms with Gasteiger partial charge < -0.3 is 5.32 Å². The Labute approximate surface area is 103 Å². The van der Waals surface area contributed by atoms with Gasteiger partial charge in [0, 0.05) is 12.5 Å². The Hall–Kier alpha value is -1.01. The maximum absolute atomic E-state index is 11.2. The lowest BCUT2D eigenvalue weighted by molar-refractivity contribution is 0.517. The van der Waals surface area contributed by atoms with Crippen molar-refractivity contribution >= 4 is 9.84 Å². The van der Waals surface area contributed by atoms with Crippen molar-refractivity contribution in [2.75, 3.05) is 18.6 Å². The fourth-order valence-electron chi connectivity index (χ4n) is 1.60. The van der Waals surface area contributed by atoms with Crippen LogP contribution in [0.2, 0.25) is 0 Å². The molecule has 1 atom stereocenters. The second-order valence-electron chi connectivity index (χ2n) is 4.06. The third-order valence-corrected chi connectivity index (χ3v) is 3.36. The fourth-order valence-corrected chi connectivity index (χ4v) is 2.27. The van der Waals surface area contributed by atoms with Crippen LogP contribution in [0.1, 0.15) is 30.9 Å². The predicted octanol–water partition coefficient (Wildman–Crippen LogP) is 0.870. The summed E-state index contributed by atoms with van der Waals surface area (Å²) in [5.74, 6) is 0.859. The van der Waals surface area contributed by atoms with Crippen LogP contribution < -0.4 is 5.32 Å². The Morgan fingerprint density at radius 3 is 2.71 bits per heavy atom. The third-order valence-electron chi connectivity index (χ3n) is 2.38. The van der Waals surface area contributed by atoms with Gasteiger partial charge in [-0.1, -0.05) is 6.92 Å². The summed E-state index contributed by atoms with van der Waals surface area (Å²) in [4.78, 5) is 8.36. The number of hydrogen-bond acceptors (Lipinski definition) is 5. The number of aryl methyl sites for hydroxylation is 1. The smallest absolute Gasteiger partial charge is 0.147 e. The molecule has 1 aromatic rings. The average Bonchev–Trinajstić information content (AvgIpc) is 2.23. The van der Waals surface area contributed by atoms with E-state index in [1.54, 1.807) is 6.20 Å². The summed E-state index contributed by atoms with van der Waals surface area (Å²) in [6, 6.07) is 1.79. The Morgan fingerprint density at radius 2 is 2.18 bits per heavy atom. The molecule has 5 nitrogen and oxygen atoms in total. The van der Waals surface area contributed by atoms with Gasteiger partial charge in [0.05, 0.1) is 17.5 Å². The van der Waals surface area contributed by atoms with E-state index < -0.39 is 9.84 Å². The summed E-state index contributed by atoms with van der Waals surface area (Å²) in [6.07, 6.45) is 3.48. The highest BCUT2D eigenvalue weighted by Gasteiger charge is 2.14. The van der Waals surface area contributed by atoms with Crippen LogP contribution in [0, 0.1) is 6.92 Å². The first-order valence-electron chi connectivity index (χ1n) is 5.63. The molecule has 0 aliphatic rings. The van der Waals surface area contributed by atoms with E-state index in [4.69, 9.17) is 0 Å². The van der Waals surface area contributed by atoms with Gasteiger partial charge in [-0.3, -0.25) is 0 Å². The lowest BCUT2D eigenvalue weighted by Crippen LogP contribution is -2.24. The van der Waals surface area contributed by atoms with E-state index in [1.807, 2.05) is 19.9 Å². The molecule has 0 saturated carbocycles. The highest BCUT2D eigenvalue weighted by Crippen LogP contribution is 2.14. The van der Waals surface area contributed by atoms with Gasteiger partial charge in [0.15, 0.2) is 0 Å². The van der Waals surface area contributed by atoms with Gasteiger partial charge in [-0.25, -0.2) is 18.4 Å². The van der Waals surface area contributed by atoms with Gasteiger partial charge in [-0.2, -0.15) is 0 Å². The Bertz CT molecular complexity index is 460. The number of nitrogens with one attached hydrogen (secondary N) is 1. The standard InChI is InChI=1S/C11H19N3O2S/c1-4-12-10(6-8-17(3,15)16)11-5-7-13-9(2)14-11/h5,7,10,12H,4,6,8H2,1-3H3. The fraction of sp³-hybridized carbons (Fsp3) is 0.636. The number of aromatic nitrogens is 2. The molecular formula is C11H19N3O2S. The van der Waals surface area contributed by atoms with Crippen molar-refractivity contribution in [3.05, 3.63) is 23.8 Å². The summed E-state index contributed by atoms with van der Waals surface area (Å²) >= 11 is 0. The average molecular weight is 257 g/mol. The minimum absolute atomic E-state index is 0.0311. The van der Waals surface area contributed by atoms with Gasteiger partial charge >= 0.3 is 0 Å². The maximum atomic E-state index is 11.2.